The standard InChI is InChI=1S/C18H28N2O/c1-5-19-15-9-10-17(14(3)12-15)18(21)20(4)16-8-6-7-13(2)11-16/h9-10,12-13,16,19H,5-8,11H2,1-4H3. The van der Waals surface area contributed by atoms with Gasteiger partial charge in [-0.1, -0.05) is 19.8 Å². The van der Waals surface area contributed by atoms with Crippen LogP contribution in [0.2, 0.25) is 0 Å². The number of hydrogen-bond acceptors (Lipinski definition) is 2. The van der Waals surface area contributed by atoms with Crippen molar-refractivity contribution in [3.8, 4) is 0 Å². The molecule has 1 amide bonds. The highest BCUT2D eigenvalue weighted by Crippen LogP contribution is 2.28. The minimum Gasteiger partial charge on any atom is -0.385 e. The maximum atomic E-state index is 12.7. The summed E-state index contributed by atoms with van der Waals surface area (Å²) < 4.78 is 0. The summed E-state index contributed by atoms with van der Waals surface area (Å²) in [5.41, 5.74) is 2.96. The summed E-state index contributed by atoms with van der Waals surface area (Å²) in [7, 11) is 1.96. The average molecular weight is 288 g/mol. The van der Waals surface area contributed by atoms with Gasteiger partial charge in [0.25, 0.3) is 5.91 Å². The van der Waals surface area contributed by atoms with Crippen LogP contribution in [-0.4, -0.2) is 30.4 Å². The normalized spacial score (nSPS) is 21.9. The van der Waals surface area contributed by atoms with Gasteiger partial charge in [0.15, 0.2) is 0 Å². The molecule has 2 atom stereocenters. The Morgan fingerprint density at radius 2 is 2.14 bits per heavy atom. The van der Waals surface area contributed by atoms with Crippen LogP contribution in [0, 0.1) is 12.8 Å². The first kappa shape index (κ1) is 15.9. The van der Waals surface area contributed by atoms with Crippen LogP contribution in [0.4, 0.5) is 5.69 Å². The van der Waals surface area contributed by atoms with Crippen molar-refractivity contribution in [1.82, 2.24) is 4.90 Å². The van der Waals surface area contributed by atoms with Crippen LogP contribution in [0.3, 0.4) is 0 Å². The van der Waals surface area contributed by atoms with Crippen molar-refractivity contribution >= 4 is 11.6 Å². The molecule has 1 aromatic rings. The first-order chi connectivity index (χ1) is 10.0. The Morgan fingerprint density at radius 3 is 2.76 bits per heavy atom. The summed E-state index contributed by atoms with van der Waals surface area (Å²) >= 11 is 0. The van der Waals surface area contributed by atoms with E-state index < -0.39 is 0 Å². The van der Waals surface area contributed by atoms with E-state index in [1.165, 1.54) is 12.8 Å². The smallest absolute Gasteiger partial charge is 0.254 e. The molecule has 21 heavy (non-hydrogen) atoms. The second-order valence-electron chi connectivity index (χ2n) is 6.40. The molecule has 1 aliphatic carbocycles. The van der Waals surface area contributed by atoms with Crippen LogP contribution in [0.1, 0.15) is 55.5 Å². The molecule has 1 N–H and O–H groups in total. The van der Waals surface area contributed by atoms with Gasteiger partial charge < -0.3 is 10.2 Å². The lowest BCUT2D eigenvalue weighted by Crippen LogP contribution is -2.40. The summed E-state index contributed by atoms with van der Waals surface area (Å²) in [6.07, 6.45) is 4.81. The van der Waals surface area contributed by atoms with Crippen LogP contribution in [0.5, 0.6) is 0 Å². The highest BCUT2D eigenvalue weighted by atomic mass is 16.2. The Kier molecular flexibility index (Phi) is 5.27. The number of carbonyl (C=O) groups is 1. The van der Waals surface area contributed by atoms with Crippen molar-refractivity contribution in [2.24, 2.45) is 5.92 Å². The molecule has 116 valence electrons. The molecule has 0 spiro atoms. The highest BCUT2D eigenvalue weighted by molar-refractivity contribution is 5.96. The fourth-order valence-electron chi connectivity index (χ4n) is 3.33. The molecule has 2 rings (SSSR count). The Morgan fingerprint density at radius 1 is 1.38 bits per heavy atom. The van der Waals surface area contributed by atoms with Crippen molar-refractivity contribution < 1.29 is 4.79 Å². The van der Waals surface area contributed by atoms with Crippen LogP contribution >= 0.6 is 0 Å². The molecule has 1 aliphatic rings. The van der Waals surface area contributed by atoms with E-state index in [1.54, 1.807) is 0 Å². The van der Waals surface area contributed by atoms with E-state index in [0.29, 0.717) is 6.04 Å². The predicted octanol–water partition coefficient (Wildman–Crippen LogP) is 4.08. The number of amides is 1. The Labute approximate surface area is 128 Å². The molecule has 0 bridgehead atoms. The number of hydrogen-bond donors (Lipinski definition) is 1. The number of aryl methyl sites for hydroxylation is 1. The van der Waals surface area contributed by atoms with Crippen LogP contribution < -0.4 is 5.32 Å². The summed E-state index contributed by atoms with van der Waals surface area (Å²) in [6, 6.07) is 6.42. The third-order valence-corrected chi connectivity index (χ3v) is 4.61. The third kappa shape index (κ3) is 3.78. The topological polar surface area (TPSA) is 32.3 Å². The van der Waals surface area contributed by atoms with Gasteiger partial charge in [-0.15, -0.1) is 0 Å². The monoisotopic (exact) mass is 288 g/mol. The Bertz CT molecular complexity index is 498. The molecular weight excluding hydrogens is 260 g/mol. The summed E-state index contributed by atoms with van der Waals surface area (Å²) in [5, 5.41) is 3.29. The van der Waals surface area contributed by atoms with Crippen LogP contribution in [-0.2, 0) is 0 Å². The molecule has 0 aromatic heterocycles. The van der Waals surface area contributed by atoms with Crippen molar-refractivity contribution in [3.63, 3.8) is 0 Å². The van der Waals surface area contributed by atoms with E-state index >= 15 is 0 Å². The maximum absolute atomic E-state index is 12.7. The van der Waals surface area contributed by atoms with Gasteiger partial charge in [-0.25, -0.2) is 0 Å². The SMILES string of the molecule is CCNc1ccc(C(=O)N(C)C2CCCC(C)C2)c(C)c1. The van der Waals surface area contributed by atoms with Crippen molar-refractivity contribution in [1.29, 1.82) is 0 Å². The fourth-order valence-corrected chi connectivity index (χ4v) is 3.33. The second kappa shape index (κ2) is 6.97. The van der Waals surface area contributed by atoms with Gasteiger partial charge in [-0.3, -0.25) is 4.79 Å². The molecule has 1 saturated carbocycles. The lowest BCUT2D eigenvalue weighted by atomic mass is 9.86. The van der Waals surface area contributed by atoms with Crippen molar-refractivity contribution in [2.75, 3.05) is 18.9 Å². The number of benzene rings is 1. The number of nitrogens with one attached hydrogen (secondary N) is 1. The zero-order valence-corrected chi connectivity index (χ0v) is 13.8. The molecule has 3 nitrogen and oxygen atoms in total. The van der Waals surface area contributed by atoms with Gasteiger partial charge in [0, 0.05) is 30.9 Å². The molecule has 0 heterocycles. The van der Waals surface area contributed by atoms with Gasteiger partial charge in [-0.05, 0) is 56.4 Å². The van der Waals surface area contributed by atoms with Gasteiger partial charge in [-0.2, -0.15) is 0 Å². The molecule has 1 fully saturated rings. The predicted molar refractivity (Wildman–Crippen MR) is 88.9 cm³/mol. The summed E-state index contributed by atoms with van der Waals surface area (Å²) in [4.78, 5) is 14.7. The lowest BCUT2D eigenvalue weighted by Gasteiger charge is -2.34. The minimum absolute atomic E-state index is 0.162. The zero-order valence-electron chi connectivity index (χ0n) is 13.8. The van der Waals surface area contributed by atoms with Gasteiger partial charge >= 0.3 is 0 Å². The maximum Gasteiger partial charge on any atom is 0.254 e. The number of carbonyl (C=O) groups excluding carboxylic acids is 1. The summed E-state index contributed by atoms with van der Waals surface area (Å²) in [6.45, 7) is 7.28. The first-order valence-corrected chi connectivity index (χ1v) is 8.14. The molecular formula is C18H28N2O. The van der Waals surface area contributed by atoms with E-state index in [0.717, 1.165) is 42.1 Å². The summed E-state index contributed by atoms with van der Waals surface area (Å²) in [5.74, 6) is 0.894. The molecule has 0 radical (unpaired) electrons. The van der Waals surface area contributed by atoms with Crippen LogP contribution in [0.15, 0.2) is 18.2 Å². The Balaban J connectivity index is 2.11. The quantitative estimate of drug-likeness (QED) is 0.905. The number of nitrogens with zero attached hydrogens (tertiary/aromatic N) is 1. The van der Waals surface area contributed by atoms with Crippen molar-refractivity contribution in [3.05, 3.63) is 29.3 Å². The van der Waals surface area contributed by atoms with Gasteiger partial charge in [0.2, 0.25) is 0 Å². The minimum atomic E-state index is 0.162. The second-order valence-corrected chi connectivity index (χ2v) is 6.40. The number of rotatable bonds is 4. The van der Waals surface area contributed by atoms with E-state index in [-0.39, 0.29) is 5.91 Å². The first-order valence-electron chi connectivity index (χ1n) is 8.14. The van der Waals surface area contributed by atoms with E-state index in [4.69, 9.17) is 0 Å². The molecule has 1 aromatic carbocycles. The van der Waals surface area contributed by atoms with Crippen molar-refractivity contribution in [2.45, 2.75) is 52.5 Å². The lowest BCUT2D eigenvalue weighted by molar-refractivity contribution is 0.0671. The average Bonchev–Trinajstić information content (AvgIpc) is 2.46. The van der Waals surface area contributed by atoms with Crippen LogP contribution in [0.25, 0.3) is 0 Å². The fraction of sp³-hybridized carbons (Fsp3) is 0.611. The molecule has 3 heteroatoms. The highest BCUT2D eigenvalue weighted by Gasteiger charge is 2.26. The molecule has 0 saturated heterocycles. The number of anilines is 1. The largest absolute Gasteiger partial charge is 0.385 e. The van der Waals surface area contributed by atoms with E-state index in [1.807, 2.05) is 31.0 Å². The third-order valence-electron chi connectivity index (χ3n) is 4.61. The van der Waals surface area contributed by atoms with E-state index in [9.17, 15) is 4.79 Å². The zero-order chi connectivity index (χ0) is 15.4. The van der Waals surface area contributed by atoms with Gasteiger partial charge in [0.1, 0.15) is 0 Å². The molecule has 2 unspecified atom stereocenters. The van der Waals surface area contributed by atoms with E-state index in [2.05, 4.69) is 25.2 Å². The molecule has 0 aliphatic heterocycles. The van der Waals surface area contributed by atoms with Gasteiger partial charge in [0.05, 0.1) is 0 Å². The Hall–Kier alpha value is -1.51.